The Kier molecular flexibility index (Phi) is 3.80. The summed E-state index contributed by atoms with van der Waals surface area (Å²) in [4.78, 5) is 4.67. The summed E-state index contributed by atoms with van der Waals surface area (Å²) < 4.78 is 0. The number of aryl methyl sites for hydroxylation is 1. The Morgan fingerprint density at radius 3 is 2.88 bits per heavy atom. The third kappa shape index (κ3) is 2.36. The van der Waals surface area contributed by atoms with Crippen molar-refractivity contribution in [3.8, 4) is 0 Å². The van der Waals surface area contributed by atoms with E-state index in [9.17, 15) is 0 Å². The first kappa shape index (κ1) is 11.4. The number of rotatable bonds is 4. The molecule has 0 saturated carbocycles. The van der Waals surface area contributed by atoms with Gasteiger partial charge in [0.15, 0.2) is 0 Å². The highest BCUT2D eigenvalue weighted by Crippen LogP contribution is 2.24. The summed E-state index contributed by atoms with van der Waals surface area (Å²) in [7, 11) is 0. The van der Waals surface area contributed by atoms with Gasteiger partial charge in [-0.1, -0.05) is 18.2 Å². The van der Waals surface area contributed by atoms with E-state index in [-0.39, 0.29) is 0 Å². The molecule has 2 aromatic rings. The Bertz CT molecular complexity index is 482. The van der Waals surface area contributed by atoms with E-state index in [0.717, 1.165) is 29.9 Å². The molecule has 0 bridgehead atoms. The lowest BCUT2D eigenvalue weighted by Crippen LogP contribution is -2.02. The molecule has 0 atom stereocenters. The SMILES string of the molecule is CSc1nc2ccccc2cc1CCCN. The molecule has 0 fully saturated rings. The van der Waals surface area contributed by atoms with Gasteiger partial charge in [0.05, 0.1) is 10.5 Å². The molecule has 2 rings (SSSR count). The van der Waals surface area contributed by atoms with Gasteiger partial charge in [-0.2, -0.15) is 0 Å². The molecule has 16 heavy (non-hydrogen) atoms. The van der Waals surface area contributed by atoms with Gasteiger partial charge >= 0.3 is 0 Å². The predicted molar refractivity (Wildman–Crippen MR) is 70.9 cm³/mol. The zero-order chi connectivity index (χ0) is 11.4. The van der Waals surface area contributed by atoms with Crippen LogP contribution in [0.2, 0.25) is 0 Å². The number of nitrogens with two attached hydrogens (primary N) is 1. The van der Waals surface area contributed by atoms with Gasteiger partial charge in [0.25, 0.3) is 0 Å². The van der Waals surface area contributed by atoms with Gasteiger partial charge in [0.2, 0.25) is 0 Å². The Morgan fingerprint density at radius 2 is 2.12 bits per heavy atom. The van der Waals surface area contributed by atoms with E-state index in [1.54, 1.807) is 11.8 Å². The lowest BCUT2D eigenvalue weighted by Gasteiger charge is -2.08. The van der Waals surface area contributed by atoms with E-state index in [1.807, 2.05) is 6.07 Å². The van der Waals surface area contributed by atoms with Crippen molar-refractivity contribution in [3.63, 3.8) is 0 Å². The second kappa shape index (κ2) is 5.32. The smallest absolute Gasteiger partial charge is 0.0996 e. The van der Waals surface area contributed by atoms with Crippen LogP contribution < -0.4 is 5.73 Å². The molecule has 84 valence electrons. The first-order chi connectivity index (χ1) is 7.85. The standard InChI is InChI=1S/C13H16N2S/c1-16-13-11(6-4-8-14)9-10-5-2-3-7-12(10)15-13/h2-3,5,7,9H,4,6,8,14H2,1H3. The second-order valence-corrected chi connectivity index (χ2v) is 4.54. The molecule has 2 nitrogen and oxygen atoms in total. The maximum atomic E-state index is 5.55. The molecule has 0 aliphatic rings. The van der Waals surface area contributed by atoms with E-state index in [1.165, 1.54) is 10.9 Å². The highest BCUT2D eigenvalue weighted by atomic mass is 32.2. The molecule has 0 aliphatic heterocycles. The number of para-hydroxylation sites is 1. The number of aromatic nitrogens is 1. The van der Waals surface area contributed by atoms with Crippen LogP contribution in [0.25, 0.3) is 10.9 Å². The molecule has 1 heterocycles. The fourth-order valence-corrected chi connectivity index (χ4v) is 2.40. The number of pyridine rings is 1. The lowest BCUT2D eigenvalue weighted by molar-refractivity contribution is 0.813. The number of hydrogen-bond donors (Lipinski definition) is 1. The number of nitrogens with zero attached hydrogens (tertiary/aromatic N) is 1. The van der Waals surface area contributed by atoms with Crippen LogP contribution >= 0.6 is 11.8 Å². The summed E-state index contributed by atoms with van der Waals surface area (Å²) in [6, 6.07) is 10.5. The summed E-state index contributed by atoms with van der Waals surface area (Å²) in [6.07, 6.45) is 4.11. The quantitative estimate of drug-likeness (QED) is 0.824. The molecule has 0 radical (unpaired) electrons. The maximum Gasteiger partial charge on any atom is 0.0996 e. The van der Waals surface area contributed by atoms with Crippen molar-refractivity contribution in [1.82, 2.24) is 4.98 Å². The Hall–Kier alpha value is -1.06. The zero-order valence-corrected chi connectivity index (χ0v) is 10.3. The minimum absolute atomic E-state index is 0.737. The molecule has 0 saturated heterocycles. The van der Waals surface area contributed by atoms with Crippen molar-refractivity contribution in [2.45, 2.75) is 17.9 Å². The van der Waals surface area contributed by atoms with Crippen molar-refractivity contribution in [2.24, 2.45) is 5.73 Å². The van der Waals surface area contributed by atoms with Crippen molar-refractivity contribution in [3.05, 3.63) is 35.9 Å². The average Bonchev–Trinajstić information content (AvgIpc) is 2.35. The fraction of sp³-hybridized carbons (Fsp3) is 0.308. The van der Waals surface area contributed by atoms with E-state index < -0.39 is 0 Å². The topological polar surface area (TPSA) is 38.9 Å². The van der Waals surface area contributed by atoms with Crippen molar-refractivity contribution < 1.29 is 0 Å². The molecule has 0 aliphatic carbocycles. The van der Waals surface area contributed by atoms with Crippen molar-refractivity contribution >= 4 is 22.7 Å². The molecule has 0 unspecified atom stereocenters. The van der Waals surface area contributed by atoms with Crippen molar-refractivity contribution in [1.29, 1.82) is 0 Å². The summed E-state index contributed by atoms with van der Waals surface area (Å²) in [5, 5.41) is 2.35. The van der Waals surface area contributed by atoms with Gasteiger partial charge < -0.3 is 5.73 Å². The van der Waals surface area contributed by atoms with E-state index in [4.69, 9.17) is 5.73 Å². The minimum Gasteiger partial charge on any atom is -0.330 e. The van der Waals surface area contributed by atoms with Gasteiger partial charge in [0.1, 0.15) is 0 Å². The third-order valence-corrected chi connectivity index (χ3v) is 3.35. The fourth-order valence-electron chi connectivity index (χ4n) is 1.79. The number of hydrogen-bond acceptors (Lipinski definition) is 3. The zero-order valence-electron chi connectivity index (χ0n) is 9.44. The van der Waals surface area contributed by atoms with Crippen LogP contribution in [-0.4, -0.2) is 17.8 Å². The van der Waals surface area contributed by atoms with Gasteiger partial charge in [-0.25, -0.2) is 4.98 Å². The largest absolute Gasteiger partial charge is 0.330 e. The van der Waals surface area contributed by atoms with Crippen LogP contribution in [0.15, 0.2) is 35.4 Å². The first-order valence-electron chi connectivity index (χ1n) is 5.48. The Morgan fingerprint density at radius 1 is 1.31 bits per heavy atom. The van der Waals surface area contributed by atoms with Gasteiger partial charge in [0, 0.05) is 5.39 Å². The normalized spacial score (nSPS) is 10.9. The van der Waals surface area contributed by atoms with Crippen LogP contribution in [-0.2, 0) is 6.42 Å². The summed E-state index contributed by atoms with van der Waals surface area (Å²) >= 11 is 1.71. The number of fused-ring (bicyclic) bond motifs is 1. The van der Waals surface area contributed by atoms with E-state index in [0.29, 0.717) is 0 Å². The molecule has 0 amide bonds. The monoisotopic (exact) mass is 232 g/mol. The molecule has 0 spiro atoms. The highest BCUT2D eigenvalue weighted by Gasteiger charge is 2.05. The molecule has 2 N–H and O–H groups in total. The highest BCUT2D eigenvalue weighted by molar-refractivity contribution is 7.98. The minimum atomic E-state index is 0.737. The van der Waals surface area contributed by atoms with E-state index >= 15 is 0 Å². The summed E-state index contributed by atoms with van der Waals surface area (Å²) in [6.45, 7) is 0.737. The third-order valence-electron chi connectivity index (χ3n) is 2.61. The van der Waals surface area contributed by atoms with Gasteiger partial charge in [-0.3, -0.25) is 0 Å². The van der Waals surface area contributed by atoms with Gasteiger partial charge in [-0.05, 0) is 43.3 Å². The summed E-state index contributed by atoms with van der Waals surface area (Å²) in [5.74, 6) is 0. The Labute approximate surface area is 100 Å². The van der Waals surface area contributed by atoms with Crippen LogP contribution in [0.5, 0.6) is 0 Å². The van der Waals surface area contributed by atoms with Crippen LogP contribution in [0.1, 0.15) is 12.0 Å². The number of thioether (sulfide) groups is 1. The maximum absolute atomic E-state index is 5.55. The molecular weight excluding hydrogens is 216 g/mol. The van der Waals surface area contributed by atoms with Gasteiger partial charge in [-0.15, -0.1) is 11.8 Å². The lowest BCUT2D eigenvalue weighted by atomic mass is 10.1. The van der Waals surface area contributed by atoms with Crippen LogP contribution in [0.3, 0.4) is 0 Å². The van der Waals surface area contributed by atoms with Crippen LogP contribution in [0.4, 0.5) is 0 Å². The average molecular weight is 232 g/mol. The van der Waals surface area contributed by atoms with Crippen LogP contribution in [0, 0.1) is 0 Å². The molecule has 3 heteroatoms. The molecule has 1 aromatic carbocycles. The second-order valence-electron chi connectivity index (χ2n) is 3.74. The Balaban J connectivity index is 2.45. The van der Waals surface area contributed by atoms with E-state index in [2.05, 4.69) is 35.5 Å². The van der Waals surface area contributed by atoms with Crippen molar-refractivity contribution in [2.75, 3.05) is 12.8 Å². The summed E-state index contributed by atoms with van der Waals surface area (Å²) in [5.41, 5.74) is 7.94. The molecular formula is C13H16N2S. The predicted octanol–water partition coefficient (Wildman–Crippen LogP) is 2.85. The molecule has 1 aromatic heterocycles. The first-order valence-corrected chi connectivity index (χ1v) is 6.70. The number of benzene rings is 1.